The molecular weight excluding hydrogens is 425 g/mol. The van der Waals surface area contributed by atoms with E-state index in [9.17, 15) is 14.0 Å². The Bertz CT molecular complexity index is 1190. The monoisotopic (exact) mass is 449 g/mol. The van der Waals surface area contributed by atoms with Crippen molar-refractivity contribution in [1.29, 1.82) is 0 Å². The minimum absolute atomic E-state index is 0.161. The van der Waals surface area contributed by atoms with E-state index in [2.05, 4.69) is 5.32 Å². The molecule has 2 aliphatic rings. The first-order valence-corrected chi connectivity index (χ1v) is 10.5. The lowest BCUT2D eigenvalue weighted by Crippen LogP contribution is -2.24. The number of ketones is 1. The number of benzene rings is 1. The van der Waals surface area contributed by atoms with Gasteiger partial charge in [-0.3, -0.25) is 9.59 Å². The van der Waals surface area contributed by atoms with E-state index in [1.165, 1.54) is 26.4 Å². The number of carbonyl (C=O) groups excluding carboxylic acids is 2. The zero-order valence-corrected chi connectivity index (χ0v) is 18.6. The first kappa shape index (κ1) is 22.3. The van der Waals surface area contributed by atoms with Gasteiger partial charge in [0.05, 0.1) is 27.0 Å². The number of ether oxygens (including phenoxy) is 2. The molecule has 2 aliphatic carbocycles. The van der Waals surface area contributed by atoms with Crippen LogP contribution in [0.4, 0.5) is 4.39 Å². The molecule has 1 aromatic carbocycles. The number of rotatable bonds is 7. The summed E-state index contributed by atoms with van der Waals surface area (Å²) in [5, 5.41) is 2.85. The molecule has 6 nitrogen and oxygen atoms in total. The molecule has 0 spiro atoms. The van der Waals surface area contributed by atoms with E-state index >= 15 is 0 Å². The zero-order valence-electron chi connectivity index (χ0n) is 18.6. The molecule has 0 radical (unpaired) electrons. The third-order valence-electron chi connectivity index (χ3n) is 5.85. The van der Waals surface area contributed by atoms with E-state index < -0.39 is 0 Å². The van der Waals surface area contributed by atoms with Crippen LogP contribution in [0, 0.1) is 5.82 Å². The molecule has 1 N–H and O–H groups in total. The molecule has 7 heteroatoms. The van der Waals surface area contributed by atoms with Gasteiger partial charge in [-0.25, -0.2) is 4.39 Å². The van der Waals surface area contributed by atoms with Crippen molar-refractivity contribution in [3.8, 4) is 0 Å². The van der Waals surface area contributed by atoms with Crippen LogP contribution in [0.5, 0.6) is 0 Å². The van der Waals surface area contributed by atoms with Gasteiger partial charge >= 0.3 is 0 Å². The molecule has 4 rings (SSSR count). The summed E-state index contributed by atoms with van der Waals surface area (Å²) in [6.45, 7) is 2.22. The van der Waals surface area contributed by atoms with Crippen LogP contribution >= 0.6 is 0 Å². The molecule has 0 aliphatic heterocycles. The van der Waals surface area contributed by atoms with Crippen molar-refractivity contribution in [2.24, 2.45) is 0 Å². The number of Topliss-reactive ketones (excluding diaryl/α,β-unsaturated/α-hetero) is 1. The number of amides is 1. The van der Waals surface area contributed by atoms with Crippen molar-refractivity contribution in [3.05, 3.63) is 100 Å². The van der Waals surface area contributed by atoms with Crippen LogP contribution in [-0.2, 0) is 25.6 Å². The number of nitrogens with one attached hydrogen (secondary N) is 1. The van der Waals surface area contributed by atoms with Crippen LogP contribution in [0.15, 0.2) is 81.9 Å². The van der Waals surface area contributed by atoms with Gasteiger partial charge in [0, 0.05) is 12.3 Å². The highest BCUT2D eigenvalue weighted by atomic mass is 19.1. The van der Waals surface area contributed by atoms with Gasteiger partial charge in [-0.2, -0.15) is 0 Å². The van der Waals surface area contributed by atoms with E-state index in [0.717, 1.165) is 22.3 Å². The van der Waals surface area contributed by atoms with Gasteiger partial charge in [0.2, 0.25) is 5.91 Å². The van der Waals surface area contributed by atoms with Crippen molar-refractivity contribution in [2.75, 3.05) is 14.2 Å². The number of fused-ring (bicyclic) bond motifs is 1. The molecule has 0 saturated carbocycles. The summed E-state index contributed by atoms with van der Waals surface area (Å²) >= 11 is 0. The molecular formula is C26H24FNO5. The molecule has 170 valence electrons. The summed E-state index contributed by atoms with van der Waals surface area (Å²) in [5.41, 5.74) is 4.12. The second-order valence-corrected chi connectivity index (χ2v) is 7.84. The normalized spacial score (nSPS) is 17.4. The van der Waals surface area contributed by atoms with E-state index in [1.807, 2.05) is 13.0 Å². The Morgan fingerprint density at radius 2 is 1.91 bits per heavy atom. The maximum absolute atomic E-state index is 14.1. The van der Waals surface area contributed by atoms with Gasteiger partial charge < -0.3 is 19.2 Å². The quantitative estimate of drug-likeness (QED) is 0.670. The van der Waals surface area contributed by atoms with Crippen LogP contribution in [0.1, 0.15) is 36.1 Å². The topological polar surface area (TPSA) is 77.8 Å². The second kappa shape index (κ2) is 9.32. The molecule has 0 fully saturated rings. The van der Waals surface area contributed by atoms with Crippen molar-refractivity contribution in [2.45, 2.75) is 25.8 Å². The molecule has 1 aromatic heterocycles. The Labute approximate surface area is 191 Å². The van der Waals surface area contributed by atoms with Crippen molar-refractivity contribution in [1.82, 2.24) is 5.32 Å². The third-order valence-corrected chi connectivity index (χ3v) is 5.85. The van der Waals surface area contributed by atoms with Crippen LogP contribution in [0.2, 0.25) is 0 Å². The molecule has 1 heterocycles. The van der Waals surface area contributed by atoms with Crippen molar-refractivity contribution in [3.63, 3.8) is 0 Å². The second-order valence-electron chi connectivity index (χ2n) is 7.84. The Morgan fingerprint density at radius 3 is 2.55 bits per heavy atom. The summed E-state index contributed by atoms with van der Waals surface area (Å²) < 4.78 is 29.8. The predicted octanol–water partition coefficient (Wildman–Crippen LogP) is 4.57. The highest BCUT2D eigenvalue weighted by Crippen LogP contribution is 2.45. The van der Waals surface area contributed by atoms with Gasteiger partial charge in [0.15, 0.2) is 11.5 Å². The average molecular weight is 449 g/mol. The molecule has 1 unspecified atom stereocenters. The fourth-order valence-electron chi connectivity index (χ4n) is 4.16. The lowest BCUT2D eigenvalue weighted by molar-refractivity contribution is -0.121. The van der Waals surface area contributed by atoms with Gasteiger partial charge in [-0.15, -0.1) is 0 Å². The zero-order chi connectivity index (χ0) is 23.5. The van der Waals surface area contributed by atoms with Crippen LogP contribution in [-0.4, -0.2) is 25.9 Å². The minimum Gasteiger partial charge on any atom is -0.492 e. The first-order valence-electron chi connectivity index (χ1n) is 10.5. The van der Waals surface area contributed by atoms with E-state index in [-0.39, 0.29) is 47.9 Å². The average Bonchev–Trinajstić information content (AvgIpc) is 3.41. The molecule has 0 saturated heterocycles. The fraction of sp³-hybridized carbons (Fsp3) is 0.231. The summed E-state index contributed by atoms with van der Waals surface area (Å²) in [6, 6.07) is 8.15. The minimum atomic E-state index is -0.358. The lowest BCUT2D eigenvalue weighted by atomic mass is 9.92. The van der Waals surface area contributed by atoms with E-state index in [0.29, 0.717) is 11.3 Å². The number of furan rings is 1. The Balaban J connectivity index is 1.66. The summed E-state index contributed by atoms with van der Waals surface area (Å²) in [7, 11) is 2.85. The highest BCUT2D eigenvalue weighted by molar-refractivity contribution is 6.07. The number of hydrogen-bond donors (Lipinski definition) is 1. The van der Waals surface area contributed by atoms with Crippen molar-refractivity contribution < 1.29 is 27.9 Å². The van der Waals surface area contributed by atoms with Gasteiger partial charge in [0.1, 0.15) is 11.6 Å². The van der Waals surface area contributed by atoms with Gasteiger partial charge in [-0.05, 0) is 71.7 Å². The summed E-state index contributed by atoms with van der Waals surface area (Å²) in [4.78, 5) is 24.9. The molecule has 1 atom stereocenters. The number of methoxy groups -OCH3 is 2. The highest BCUT2D eigenvalue weighted by Gasteiger charge is 2.31. The Hall–Kier alpha value is -3.87. The SMILES string of the molecule is COC1=CC(=CC2=C(C)C(CC(=O)NCc3ccco3)c3cc(F)ccc32)C=C(OC)C1=O. The Morgan fingerprint density at radius 1 is 1.18 bits per heavy atom. The van der Waals surface area contributed by atoms with Crippen LogP contribution < -0.4 is 5.32 Å². The molecule has 0 bridgehead atoms. The fourth-order valence-corrected chi connectivity index (χ4v) is 4.16. The van der Waals surface area contributed by atoms with E-state index in [1.54, 1.807) is 36.6 Å². The number of halogens is 1. The maximum Gasteiger partial charge on any atom is 0.261 e. The van der Waals surface area contributed by atoms with E-state index in [4.69, 9.17) is 13.9 Å². The molecule has 2 aromatic rings. The molecule has 33 heavy (non-hydrogen) atoms. The van der Waals surface area contributed by atoms with Crippen LogP contribution in [0.25, 0.3) is 5.57 Å². The molecule has 1 amide bonds. The van der Waals surface area contributed by atoms with Crippen LogP contribution in [0.3, 0.4) is 0 Å². The van der Waals surface area contributed by atoms with Crippen molar-refractivity contribution >= 4 is 17.3 Å². The van der Waals surface area contributed by atoms with Gasteiger partial charge in [0.25, 0.3) is 5.78 Å². The number of carbonyl (C=O) groups is 2. The largest absolute Gasteiger partial charge is 0.492 e. The maximum atomic E-state index is 14.1. The summed E-state index contributed by atoms with van der Waals surface area (Å²) in [5.74, 6) is -0.125. The number of hydrogen-bond acceptors (Lipinski definition) is 5. The smallest absolute Gasteiger partial charge is 0.261 e. The summed E-state index contributed by atoms with van der Waals surface area (Å²) in [6.07, 6.45) is 6.90. The third kappa shape index (κ3) is 4.53. The predicted molar refractivity (Wildman–Crippen MR) is 120 cm³/mol. The Kier molecular flexibility index (Phi) is 6.31. The standard InChI is InChI=1S/C26H24FNO5/c1-15-20(9-16-10-23(31-2)26(30)24(11-16)32-3)19-7-6-17(27)12-22(19)21(15)13-25(29)28-14-18-5-4-8-33-18/h4-12,21H,13-14H2,1-3H3,(H,28,29). The number of allylic oxidation sites excluding steroid dienone is 6. The first-order chi connectivity index (χ1) is 15.9. The van der Waals surface area contributed by atoms with Gasteiger partial charge in [-0.1, -0.05) is 11.6 Å². The lowest BCUT2D eigenvalue weighted by Gasteiger charge is -2.14.